The van der Waals surface area contributed by atoms with Crippen molar-refractivity contribution in [1.82, 2.24) is 4.31 Å². The van der Waals surface area contributed by atoms with E-state index in [1.807, 2.05) is 30.3 Å². The second-order valence-electron chi connectivity index (χ2n) is 7.63. The number of nitrogens with zero attached hydrogens (tertiary/aromatic N) is 1. The quantitative estimate of drug-likeness (QED) is 0.632. The Morgan fingerprint density at radius 1 is 1.10 bits per heavy atom. The molecule has 1 saturated heterocycles. The van der Waals surface area contributed by atoms with Crippen LogP contribution in [0.3, 0.4) is 0 Å². The molecule has 0 unspecified atom stereocenters. The number of benzene rings is 2. The van der Waals surface area contributed by atoms with Gasteiger partial charge in [0, 0.05) is 13.1 Å². The number of hydrogen-bond acceptors (Lipinski definition) is 5. The number of ether oxygens (including phenoxy) is 1. The van der Waals surface area contributed by atoms with Crippen molar-refractivity contribution in [3.05, 3.63) is 65.7 Å². The number of aryl methyl sites for hydroxylation is 1. The highest BCUT2D eigenvalue weighted by Crippen LogP contribution is 2.23. The molecule has 7 nitrogen and oxygen atoms in total. The summed E-state index contributed by atoms with van der Waals surface area (Å²) in [6.45, 7) is 0.579. The molecule has 0 radical (unpaired) electrons. The summed E-state index contributed by atoms with van der Waals surface area (Å²) in [7, 11) is -2.16. The number of nitrogens with one attached hydrogen (secondary N) is 1. The largest absolute Gasteiger partial charge is 0.465 e. The Kier molecular flexibility index (Phi) is 7.81. The highest BCUT2D eigenvalue weighted by Gasteiger charge is 2.32. The molecule has 8 heteroatoms. The molecular formula is C23H28N2O5S. The highest BCUT2D eigenvalue weighted by atomic mass is 32.2. The summed E-state index contributed by atoms with van der Waals surface area (Å²) >= 11 is 0. The van der Waals surface area contributed by atoms with Gasteiger partial charge in [-0.15, -0.1) is 0 Å². The molecule has 1 aliphatic heterocycles. The van der Waals surface area contributed by atoms with E-state index in [1.165, 1.54) is 11.4 Å². The lowest BCUT2D eigenvalue weighted by molar-refractivity contribution is -0.120. The first-order valence-electron chi connectivity index (χ1n) is 10.4. The molecule has 1 N–H and O–H groups in total. The van der Waals surface area contributed by atoms with Crippen LogP contribution in [0.1, 0.15) is 35.2 Å². The van der Waals surface area contributed by atoms with Crippen LogP contribution in [0.25, 0.3) is 0 Å². The lowest BCUT2D eigenvalue weighted by atomic mass is 9.98. The second kappa shape index (κ2) is 10.5. The van der Waals surface area contributed by atoms with Gasteiger partial charge in [-0.1, -0.05) is 42.5 Å². The monoisotopic (exact) mass is 444 g/mol. The normalized spacial score (nSPS) is 17.1. The van der Waals surface area contributed by atoms with E-state index in [2.05, 4.69) is 5.32 Å². The smallest absolute Gasteiger partial charge is 0.339 e. The van der Waals surface area contributed by atoms with Gasteiger partial charge in [-0.05, 0) is 43.4 Å². The fraction of sp³-hybridized carbons (Fsp3) is 0.391. The molecule has 2 aromatic carbocycles. The van der Waals surface area contributed by atoms with E-state index in [1.54, 1.807) is 24.3 Å². The molecule has 166 valence electrons. The Balaban J connectivity index is 1.59. The van der Waals surface area contributed by atoms with Gasteiger partial charge in [0.05, 0.1) is 30.0 Å². The maximum atomic E-state index is 12.8. The molecule has 1 atom stereocenters. The minimum atomic E-state index is -3.44. The fourth-order valence-corrected chi connectivity index (χ4v) is 5.34. The van der Waals surface area contributed by atoms with E-state index in [9.17, 15) is 18.0 Å². The average molecular weight is 445 g/mol. The zero-order valence-electron chi connectivity index (χ0n) is 17.6. The number of rotatable bonds is 8. The Labute approximate surface area is 183 Å². The van der Waals surface area contributed by atoms with Gasteiger partial charge in [-0.3, -0.25) is 4.79 Å². The zero-order chi connectivity index (χ0) is 22.3. The van der Waals surface area contributed by atoms with Gasteiger partial charge < -0.3 is 10.1 Å². The molecule has 0 bridgehead atoms. The number of hydrogen-bond donors (Lipinski definition) is 1. The van der Waals surface area contributed by atoms with Crippen LogP contribution in [0.4, 0.5) is 5.69 Å². The van der Waals surface area contributed by atoms with Crippen LogP contribution in [0.15, 0.2) is 54.6 Å². The molecule has 1 amide bonds. The predicted octanol–water partition coefficient (Wildman–Crippen LogP) is 3.09. The summed E-state index contributed by atoms with van der Waals surface area (Å²) in [5.74, 6) is -1.24. The molecule has 1 heterocycles. The van der Waals surface area contributed by atoms with Crippen LogP contribution >= 0.6 is 0 Å². The summed E-state index contributed by atoms with van der Waals surface area (Å²) in [6.07, 6.45) is 2.45. The van der Waals surface area contributed by atoms with Crippen molar-refractivity contribution in [2.75, 3.05) is 31.3 Å². The number of methoxy groups -OCH3 is 1. The first-order valence-corrected chi connectivity index (χ1v) is 12.0. The van der Waals surface area contributed by atoms with Gasteiger partial charge in [0.15, 0.2) is 0 Å². The summed E-state index contributed by atoms with van der Waals surface area (Å²) < 4.78 is 31.8. The summed E-state index contributed by atoms with van der Waals surface area (Å²) in [5, 5.41) is 2.77. The van der Waals surface area contributed by atoms with Gasteiger partial charge in [0.25, 0.3) is 0 Å². The Bertz CT molecular complexity index is 1010. The zero-order valence-corrected chi connectivity index (χ0v) is 18.4. The topological polar surface area (TPSA) is 92.8 Å². The van der Waals surface area contributed by atoms with Gasteiger partial charge in [-0.2, -0.15) is 0 Å². The van der Waals surface area contributed by atoms with E-state index in [-0.39, 0.29) is 23.8 Å². The van der Waals surface area contributed by atoms with Gasteiger partial charge in [0.1, 0.15) is 0 Å². The van der Waals surface area contributed by atoms with E-state index in [0.717, 1.165) is 5.56 Å². The Hall–Kier alpha value is -2.71. The highest BCUT2D eigenvalue weighted by molar-refractivity contribution is 7.89. The van der Waals surface area contributed by atoms with Crippen LogP contribution in [0.2, 0.25) is 0 Å². The van der Waals surface area contributed by atoms with E-state index in [0.29, 0.717) is 37.9 Å². The van der Waals surface area contributed by atoms with Crippen LogP contribution in [-0.4, -0.2) is 50.6 Å². The molecule has 0 aromatic heterocycles. The van der Waals surface area contributed by atoms with Crippen molar-refractivity contribution < 1.29 is 22.7 Å². The molecule has 0 saturated carbocycles. The first kappa shape index (κ1) is 23.0. The minimum Gasteiger partial charge on any atom is -0.465 e. The molecule has 0 aliphatic carbocycles. The molecule has 1 fully saturated rings. The van der Waals surface area contributed by atoms with Crippen molar-refractivity contribution in [1.29, 1.82) is 0 Å². The van der Waals surface area contributed by atoms with Crippen LogP contribution in [0.5, 0.6) is 0 Å². The maximum Gasteiger partial charge on any atom is 0.339 e. The van der Waals surface area contributed by atoms with Crippen LogP contribution < -0.4 is 5.32 Å². The van der Waals surface area contributed by atoms with E-state index in [4.69, 9.17) is 4.74 Å². The lowest BCUT2D eigenvalue weighted by Gasteiger charge is -2.31. The first-order chi connectivity index (χ1) is 14.9. The molecule has 0 spiro atoms. The predicted molar refractivity (Wildman–Crippen MR) is 119 cm³/mol. The summed E-state index contributed by atoms with van der Waals surface area (Å²) in [6, 6.07) is 16.4. The van der Waals surface area contributed by atoms with Crippen molar-refractivity contribution in [3.8, 4) is 0 Å². The molecular weight excluding hydrogens is 416 g/mol. The van der Waals surface area contributed by atoms with Gasteiger partial charge in [-0.25, -0.2) is 17.5 Å². The number of anilines is 1. The summed E-state index contributed by atoms with van der Waals surface area (Å²) in [5.41, 5.74) is 1.74. The number of carbonyl (C=O) groups is 2. The third-order valence-electron chi connectivity index (χ3n) is 5.45. The molecule has 3 rings (SSSR count). The number of esters is 1. The number of sulfonamides is 1. The third kappa shape index (κ3) is 6.15. The molecule has 31 heavy (non-hydrogen) atoms. The van der Waals surface area contributed by atoms with Crippen molar-refractivity contribution in [3.63, 3.8) is 0 Å². The number of para-hydroxylation sites is 1. The van der Waals surface area contributed by atoms with E-state index < -0.39 is 21.9 Å². The minimum absolute atomic E-state index is 0.0570. The Morgan fingerprint density at radius 3 is 2.55 bits per heavy atom. The van der Waals surface area contributed by atoms with Crippen LogP contribution in [0, 0.1) is 5.92 Å². The van der Waals surface area contributed by atoms with Gasteiger partial charge >= 0.3 is 5.97 Å². The molecule has 2 aromatic rings. The standard InChI is InChI=1S/C23H28N2O5S/c1-30-23(27)20-13-5-6-14-21(20)24-22(26)19-12-7-15-25(17-19)31(28,29)16-8-11-18-9-3-2-4-10-18/h2-6,9-10,13-14,19H,7-8,11-12,15-17H2,1H3,(H,24,26)/t19-/m1/s1. The van der Waals surface area contributed by atoms with E-state index >= 15 is 0 Å². The Morgan fingerprint density at radius 2 is 1.81 bits per heavy atom. The summed E-state index contributed by atoms with van der Waals surface area (Å²) in [4.78, 5) is 24.7. The number of amides is 1. The SMILES string of the molecule is COC(=O)c1ccccc1NC(=O)[C@@H]1CCCN(S(=O)(=O)CCCc2ccccc2)C1. The van der Waals surface area contributed by atoms with Crippen molar-refractivity contribution in [2.24, 2.45) is 5.92 Å². The average Bonchev–Trinajstić information content (AvgIpc) is 2.79. The third-order valence-corrected chi connectivity index (χ3v) is 7.37. The molecule has 1 aliphatic rings. The van der Waals surface area contributed by atoms with Crippen molar-refractivity contribution in [2.45, 2.75) is 25.7 Å². The number of piperidine rings is 1. The van der Waals surface area contributed by atoms with Gasteiger partial charge in [0.2, 0.25) is 15.9 Å². The second-order valence-corrected chi connectivity index (χ2v) is 9.72. The fourth-order valence-electron chi connectivity index (χ4n) is 3.76. The van der Waals surface area contributed by atoms with Crippen molar-refractivity contribution >= 4 is 27.6 Å². The lowest BCUT2D eigenvalue weighted by Crippen LogP contribution is -2.44. The van der Waals surface area contributed by atoms with Crippen LogP contribution in [-0.2, 0) is 26.0 Å². The maximum absolute atomic E-state index is 12.8. The number of carbonyl (C=O) groups excluding carboxylic acids is 2.